The van der Waals surface area contributed by atoms with E-state index in [0.29, 0.717) is 30.0 Å². The fourth-order valence-corrected chi connectivity index (χ4v) is 3.71. The lowest BCUT2D eigenvalue weighted by Crippen LogP contribution is -2.44. The molecule has 3 aromatic rings. The average molecular weight is 449 g/mol. The summed E-state index contributed by atoms with van der Waals surface area (Å²) < 4.78 is 11.6. The number of nitrogens with one attached hydrogen (secondary N) is 1. The second-order valence-corrected chi connectivity index (χ2v) is 9.02. The Balaban J connectivity index is 1.41. The predicted octanol–water partition coefficient (Wildman–Crippen LogP) is 4.28. The molecule has 0 bridgehead atoms. The van der Waals surface area contributed by atoms with Crippen molar-refractivity contribution >= 4 is 6.09 Å². The van der Waals surface area contributed by atoms with Crippen LogP contribution in [0.2, 0.25) is 0 Å². The minimum absolute atomic E-state index is 0.0322. The van der Waals surface area contributed by atoms with Crippen molar-refractivity contribution in [3.05, 3.63) is 65.1 Å². The van der Waals surface area contributed by atoms with Gasteiger partial charge in [0.25, 0.3) is 5.56 Å². The fourth-order valence-electron chi connectivity index (χ4n) is 3.71. The topological polar surface area (TPSA) is 97.4 Å². The van der Waals surface area contributed by atoms with Crippen LogP contribution in [0.1, 0.15) is 33.6 Å². The molecule has 3 heterocycles. The van der Waals surface area contributed by atoms with Gasteiger partial charge in [0.05, 0.1) is 5.69 Å². The second-order valence-electron chi connectivity index (χ2n) is 9.02. The molecular weight excluding hydrogens is 420 g/mol. The molecule has 1 aliphatic rings. The zero-order chi connectivity index (χ0) is 23.4. The van der Waals surface area contributed by atoms with Crippen LogP contribution in [0.5, 0.6) is 5.75 Å². The van der Waals surface area contributed by atoms with Crippen LogP contribution >= 0.6 is 0 Å². The van der Waals surface area contributed by atoms with Crippen LogP contribution in [0, 0.1) is 0 Å². The maximum Gasteiger partial charge on any atom is 0.410 e. The van der Waals surface area contributed by atoms with Gasteiger partial charge in [-0.15, -0.1) is 0 Å². The maximum atomic E-state index is 12.2. The Bertz CT molecular complexity index is 1150. The highest BCUT2D eigenvalue weighted by molar-refractivity contribution is 5.78. The molecule has 2 aromatic heterocycles. The Morgan fingerprint density at radius 1 is 1.09 bits per heavy atom. The molecule has 1 saturated heterocycles. The summed E-state index contributed by atoms with van der Waals surface area (Å²) in [5.74, 6) is 0.748. The van der Waals surface area contributed by atoms with Crippen LogP contribution in [0.25, 0.3) is 22.5 Å². The van der Waals surface area contributed by atoms with Gasteiger partial charge in [-0.25, -0.2) is 9.89 Å². The number of aromatic nitrogens is 3. The summed E-state index contributed by atoms with van der Waals surface area (Å²) in [5, 5.41) is 6.76. The summed E-state index contributed by atoms with van der Waals surface area (Å²) >= 11 is 0. The molecule has 172 valence electrons. The number of carbonyl (C=O) groups is 1. The molecule has 0 atom stereocenters. The highest BCUT2D eigenvalue weighted by Gasteiger charge is 2.27. The van der Waals surface area contributed by atoms with Gasteiger partial charge in [-0.05, 0) is 57.2 Å². The van der Waals surface area contributed by atoms with Crippen molar-refractivity contribution in [2.75, 3.05) is 13.1 Å². The monoisotopic (exact) mass is 448 g/mol. The Morgan fingerprint density at radius 2 is 1.82 bits per heavy atom. The molecule has 0 aliphatic carbocycles. The van der Waals surface area contributed by atoms with Crippen LogP contribution < -0.4 is 10.3 Å². The van der Waals surface area contributed by atoms with E-state index in [4.69, 9.17) is 9.47 Å². The maximum absolute atomic E-state index is 12.2. The lowest BCUT2D eigenvalue weighted by Gasteiger charge is -2.33. The minimum atomic E-state index is -0.497. The van der Waals surface area contributed by atoms with E-state index in [1.54, 1.807) is 11.1 Å². The van der Waals surface area contributed by atoms with Gasteiger partial charge in [0, 0.05) is 49.3 Å². The van der Waals surface area contributed by atoms with Crippen molar-refractivity contribution in [1.82, 2.24) is 20.1 Å². The van der Waals surface area contributed by atoms with E-state index < -0.39 is 5.60 Å². The first-order valence-corrected chi connectivity index (χ1v) is 11.0. The van der Waals surface area contributed by atoms with Gasteiger partial charge in [-0.1, -0.05) is 6.07 Å². The number of nitrogens with zero attached hydrogens (tertiary/aromatic N) is 3. The number of rotatable bonds is 4. The number of likely N-dealkylation sites (tertiary alicyclic amines) is 1. The van der Waals surface area contributed by atoms with Gasteiger partial charge < -0.3 is 14.4 Å². The highest BCUT2D eigenvalue weighted by Crippen LogP contribution is 2.29. The molecule has 0 spiro atoms. The van der Waals surface area contributed by atoms with Crippen LogP contribution in [-0.2, 0) is 4.74 Å². The summed E-state index contributed by atoms with van der Waals surface area (Å²) in [6.07, 6.45) is 2.93. The van der Waals surface area contributed by atoms with Crippen molar-refractivity contribution in [3.63, 3.8) is 0 Å². The number of carbonyl (C=O) groups excluding carboxylic acids is 1. The minimum Gasteiger partial charge on any atom is -0.490 e. The molecular formula is C25H28N4O4. The first-order chi connectivity index (χ1) is 15.8. The molecule has 33 heavy (non-hydrogen) atoms. The highest BCUT2D eigenvalue weighted by atomic mass is 16.6. The second kappa shape index (κ2) is 9.44. The number of benzene rings is 1. The van der Waals surface area contributed by atoms with E-state index in [1.165, 1.54) is 6.07 Å². The summed E-state index contributed by atoms with van der Waals surface area (Å²) in [4.78, 5) is 30.2. The molecule has 0 saturated carbocycles. The molecule has 1 aromatic carbocycles. The standard InChI is InChI=1S/C25H28N4O4/c1-25(2,3)33-24(31)29-14-11-19(12-15-29)32-18-9-7-17(8-10-18)23-20(16-22(30)27-28-23)21-6-4-5-13-26-21/h4-10,13,16,19H,11-12,14-15H2,1-3H3,(H,27,30). The normalized spacial score (nSPS) is 14.7. The zero-order valence-corrected chi connectivity index (χ0v) is 19.1. The molecule has 4 rings (SSSR count). The smallest absolute Gasteiger partial charge is 0.410 e. The lowest BCUT2D eigenvalue weighted by molar-refractivity contribution is 0.0126. The predicted molar refractivity (Wildman–Crippen MR) is 125 cm³/mol. The van der Waals surface area contributed by atoms with Crippen LogP contribution in [-0.4, -0.2) is 51.0 Å². The van der Waals surface area contributed by atoms with E-state index in [0.717, 1.165) is 24.2 Å². The van der Waals surface area contributed by atoms with Crippen LogP contribution in [0.3, 0.4) is 0 Å². The van der Waals surface area contributed by atoms with Crippen molar-refractivity contribution in [3.8, 4) is 28.3 Å². The number of piperidine rings is 1. The van der Waals surface area contributed by atoms with Gasteiger partial charge in [0.2, 0.25) is 0 Å². The zero-order valence-electron chi connectivity index (χ0n) is 19.1. The third-order valence-corrected chi connectivity index (χ3v) is 5.27. The fraction of sp³-hybridized carbons (Fsp3) is 0.360. The summed E-state index contributed by atoms with van der Waals surface area (Å²) in [6, 6.07) is 14.7. The van der Waals surface area contributed by atoms with Crippen molar-refractivity contribution in [2.45, 2.75) is 45.3 Å². The summed E-state index contributed by atoms with van der Waals surface area (Å²) in [7, 11) is 0. The third-order valence-electron chi connectivity index (χ3n) is 5.27. The molecule has 1 fully saturated rings. The van der Waals surface area contributed by atoms with E-state index in [9.17, 15) is 9.59 Å². The van der Waals surface area contributed by atoms with E-state index in [2.05, 4.69) is 15.2 Å². The Hall–Kier alpha value is -3.68. The van der Waals surface area contributed by atoms with Gasteiger partial charge in [0.1, 0.15) is 23.1 Å². The number of pyridine rings is 1. The SMILES string of the molecule is CC(C)(C)OC(=O)N1CCC(Oc2ccc(-c3n[nH]c(=O)cc3-c3ccccn3)cc2)CC1. The molecule has 8 nitrogen and oxygen atoms in total. The summed E-state index contributed by atoms with van der Waals surface area (Å²) in [5.41, 5.74) is 2.07. The number of amides is 1. The van der Waals surface area contributed by atoms with E-state index in [-0.39, 0.29) is 17.8 Å². The van der Waals surface area contributed by atoms with Crippen LogP contribution in [0.4, 0.5) is 4.79 Å². The Labute approximate surface area is 192 Å². The van der Waals surface area contributed by atoms with Crippen molar-refractivity contribution < 1.29 is 14.3 Å². The number of hydrogen-bond acceptors (Lipinski definition) is 6. The first-order valence-electron chi connectivity index (χ1n) is 11.0. The first kappa shape index (κ1) is 22.5. The quantitative estimate of drug-likeness (QED) is 0.640. The lowest BCUT2D eigenvalue weighted by atomic mass is 10.0. The number of ether oxygens (including phenoxy) is 2. The largest absolute Gasteiger partial charge is 0.490 e. The van der Waals surface area contributed by atoms with Gasteiger partial charge >= 0.3 is 6.09 Å². The molecule has 1 N–H and O–H groups in total. The molecule has 0 radical (unpaired) electrons. The van der Waals surface area contributed by atoms with Crippen molar-refractivity contribution in [1.29, 1.82) is 0 Å². The van der Waals surface area contributed by atoms with Gasteiger partial charge in [0.15, 0.2) is 0 Å². The van der Waals surface area contributed by atoms with E-state index >= 15 is 0 Å². The van der Waals surface area contributed by atoms with Crippen molar-refractivity contribution in [2.24, 2.45) is 0 Å². The average Bonchev–Trinajstić information content (AvgIpc) is 2.80. The molecule has 1 aliphatic heterocycles. The number of H-pyrrole nitrogens is 1. The number of hydrogen-bond donors (Lipinski definition) is 1. The molecule has 0 unspecified atom stereocenters. The Kier molecular flexibility index (Phi) is 6.44. The third kappa shape index (κ3) is 5.77. The summed E-state index contributed by atoms with van der Waals surface area (Å²) in [6.45, 7) is 6.81. The number of aromatic amines is 1. The molecule has 8 heteroatoms. The van der Waals surface area contributed by atoms with E-state index in [1.807, 2.05) is 63.2 Å². The van der Waals surface area contributed by atoms with Gasteiger partial charge in [-0.3, -0.25) is 9.78 Å². The van der Waals surface area contributed by atoms with Crippen LogP contribution in [0.15, 0.2) is 59.5 Å². The Morgan fingerprint density at radius 3 is 2.45 bits per heavy atom. The van der Waals surface area contributed by atoms with Gasteiger partial charge in [-0.2, -0.15) is 5.10 Å². The molecule has 1 amide bonds.